The molecular formula is C9H9NO2S. The van der Waals surface area contributed by atoms with Crippen molar-refractivity contribution >= 4 is 9.84 Å². The van der Waals surface area contributed by atoms with Gasteiger partial charge in [-0.3, -0.25) is 4.85 Å². The molecule has 68 valence electrons. The number of aryl methyl sites for hydroxylation is 1. The second-order valence-corrected chi connectivity index (χ2v) is 4.68. The summed E-state index contributed by atoms with van der Waals surface area (Å²) in [6, 6.07) is 6.57. The number of hydrogen-bond acceptors (Lipinski definition) is 2. The number of rotatable bonds is 2. The van der Waals surface area contributed by atoms with Crippen LogP contribution in [0.4, 0.5) is 0 Å². The highest BCUT2D eigenvalue weighted by Crippen LogP contribution is 2.12. The summed E-state index contributed by atoms with van der Waals surface area (Å²) in [6.07, 6.45) is 0. The third kappa shape index (κ3) is 2.30. The molecule has 0 aromatic heterocycles. The lowest BCUT2D eigenvalue weighted by Crippen LogP contribution is -2.03. The monoisotopic (exact) mass is 195 g/mol. The molecule has 0 bridgehead atoms. The zero-order chi connectivity index (χ0) is 9.90. The van der Waals surface area contributed by atoms with Crippen LogP contribution in [0.15, 0.2) is 29.2 Å². The number of benzene rings is 1. The lowest BCUT2D eigenvalue weighted by atomic mass is 10.2. The van der Waals surface area contributed by atoms with Gasteiger partial charge in [0, 0.05) is 0 Å². The fourth-order valence-electron chi connectivity index (χ4n) is 0.968. The lowest BCUT2D eigenvalue weighted by Gasteiger charge is -1.98. The van der Waals surface area contributed by atoms with Crippen molar-refractivity contribution in [3.8, 4) is 0 Å². The Hall–Kier alpha value is -1.34. The highest BCUT2D eigenvalue weighted by atomic mass is 32.2. The first-order valence-corrected chi connectivity index (χ1v) is 5.34. The minimum atomic E-state index is -3.39. The molecule has 0 aliphatic carbocycles. The molecule has 1 rings (SSSR count). The van der Waals surface area contributed by atoms with Crippen LogP contribution < -0.4 is 0 Å². The highest BCUT2D eigenvalue weighted by Gasteiger charge is 2.16. The molecule has 0 aliphatic heterocycles. The van der Waals surface area contributed by atoms with Crippen LogP contribution >= 0.6 is 0 Å². The van der Waals surface area contributed by atoms with Crippen LogP contribution in [0.25, 0.3) is 4.85 Å². The predicted octanol–water partition coefficient (Wildman–Crippen LogP) is 1.65. The minimum Gasteiger partial charge on any atom is -0.299 e. The van der Waals surface area contributed by atoms with E-state index in [1.54, 1.807) is 12.1 Å². The molecule has 0 unspecified atom stereocenters. The van der Waals surface area contributed by atoms with E-state index in [0.29, 0.717) is 0 Å². The Bertz CT molecular complexity index is 443. The molecule has 0 amide bonds. The first-order valence-electron chi connectivity index (χ1n) is 3.69. The highest BCUT2D eigenvalue weighted by molar-refractivity contribution is 7.91. The molecule has 0 N–H and O–H groups in total. The van der Waals surface area contributed by atoms with Crippen molar-refractivity contribution in [1.29, 1.82) is 0 Å². The van der Waals surface area contributed by atoms with Crippen molar-refractivity contribution in [3.63, 3.8) is 0 Å². The third-order valence-corrected chi connectivity index (χ3v) is 3.02. The van der Waals surface area contributed by atoms with Crippen LogP contribution in [-0.2, 0) is 9.84 Å². The number of nitrogens with zero attached hydrogens (tertiary/aromatic N) is 1. The molecule has 13 heavy (non-hydrogen) atoms. The normalized spacial score (nSPS) is 10.8. The molecule has 4 heteroatoms. The van der Waals surface area contributed by atoms with Gasteiger partial charge in [-0.15, -0.1) is 0 Å². The molecule has 0 heterocycles. The van der Waals surface area contributed by atoms with Crippen molar-refractivity contribution in [2.45, 2.75) is 11.8 Å². The Labute approximate surface area is 77.8 Å². The molecule has 0 saturated carbocycles. The molecule has 0 radical (unpaired) electrons. The van der Waals surface area contributed by atoms with E-state index in [1.807, 2.05) is 13.0 Å². The summed E-state index contributed by atoms with van der Waals surface area (Å²) in [7, 11) is -3.39. The molecular weight excluding hydrogens is 186 g/mol. The Morgan fingerprint density at radius 1 is 1.46 bits per heavy atom. The van der Waals surface area contributed by atoms with E-state index in [1.165, 1.54) is 6.07 Å². The second kappa shape index (κ2) is 3.58. The standard InChI is InChI=1S/C9H9NO2S/c1-8-4-3-5-9(6-8)13(11,12)7-10-2/h3-6H,7H2,1H3. The van der Waals surface area contributed by atoms with Gasteiger partial charge in [-0.1, -0.05) is 12.1 Å². The quantitative estimate of drug-likeness (QED) is 0.673. The van der Waals surface area contributed by atoms with Gasteiger partial charge in [0.15, 0.2) is 0 Å². The summed E-state index contributed by atoms with van der Waals surface area (Å²) in [5.41, 5.74) is 0.881. The zero-order valence-corrected chi connectivity index (χ0v) is 8.00. The molecule has 1 aromatic carbocycles. The predicted molar refractivity (Wildman–Crippen MR) is 49.8 cm³/mol. The maximum atomic E-state index is 11.4. The van der Waals surface area contributed by atoms with E-state index < -0.39 is 15.7 Å². The van der Waals surface area contributed by atoms with Crippen LogP contribution in [-0.4, -0.2) is 14.3 Å². The van der Waals surface area contributed by atoms with Crippen LogP contribution in [0.2, 0.25) is 0 Å². The number of hydrogen-bond donors (Lipinski definition) is 0. The topological polar surface area (TPSA) is 38.5 Å². The van der Waals surface area contributed by atoms with Crippen molar-refractivity contribution in [3.05, 3.63) is 41.2 Å². The Morgan fingerprint density at radius 3 is 2.69 bits per heavy atom. The van der Waals surface area contributed by atoms with E-state index in [2.05, 4.69) is 4.85 Å². The van der Waals surface area contributed by atoms with E-state index >= 15 is 0 Å². The summed E-state index contributed by atoms with van der Waals surface area (Å²) in [6.45, 7) is 8.32. The van der Waals surface area contributed by atoms with Gasteiger partial charge >= 0.3 is 5.88 Å². The minimum absolute atomic E-state index is 0.225. The Kier molecular flexibility index (Phi) is 2.69. The molecule has 0 atom stereocenters. The summed E-state index contributed by atoms with van der Waals surface area (Å²) >= 11 is 0. The SMILES string of the molecule is [C-]#[N+]CS(=O)(=O)c1cccc(C)c1. The molecule has 0 fully saturated rings. The van der Waals surface area contributed by atoms with E-state index in [-0.39, 0.29) is 4.90 Å². The van der Waals surface area contributed by atoms with Gasteiger partial charge in [-0.25, -0.2) is 15.0 Å². The van der Waals surface area contributed by atoms with Crippen molar-refractivity contribution in [2.75, 3.05) is 5.88 Å². The van der Waals surface area contributed by atoms with Gasteiger partial charge in [0.05, 0.1) is 4.90 Å². The molecule has 1 aromatic rings. The largest absolute Gasteiger partial charge is 0.316 e. The van der Waals surface area contributed by atoms with E-state index in [0.717, 1.165) is 5.56 Å². The summed E-state index contributed by atoms with van der Waals surface area (Å²) in [4.78, 5) is 3.10. The average Bonchev–Trinajstić information content (AvgIpc) is 2.04. The smallest absolute Gasteiger partial charge is 0.299 e. The summed E-state index contributed by atoms with van der Waals surface area (Å²) < 4.78 is 22.7. The van der Waals surface area contributed by atoms with Gasteiger partial charge < -0.3 is 0 Å². The molecule has 0 saturated heterocycles. The molecule has 0 spiro atoms. The van der Waals surface area contributed by atoms with Crippen LogP contribution in [0.3, 0.4) is 0 Å². The van der Waals surface area contributed by atoms with Gasteiger partial charge in [0.1, 0.15) is 0 Å². The summed E-state index contributed by atoms with van der Waals surface area (Å²) in [5.74, 6) is -0.476. The second-order valence-electron chi connectivity index (χ2n) is 2.72. The van der Waals surface area contributed by atoms with E-state index in [4.69, 9.17) is 6.57 Å². The first kappa shape index (κ1) is 9.75. The fraction of sp³-hybridized carbons (Fsp3) is 0.222. The first-order chi connectivity index (χ1) is 6.06. The van der Waals surface area contributed by atoms with Crippen LogP contribution in [0, 0.1) is 13.5 Å². The summed E-state index contributed by atoms with van der Waals surface area (Å²) in [5, 5.41) is 0. The maximum Gasteiger partial charge on any atom is 0.316 e. The van der Waals surface area contributed by atoms with Crippen molar-refractivity contribution in [2.24, 2.45) is 0 Å². The van der Waals surface area contributed by atoms with Crippen molar-refractivity contribution < 1.29 is 8.42 Å². The maximum absolute atomic E-state index is 11.4. The fourth-order valence-corrected chi connectivity index (χ4v) is 1.94. The lowest BCUT2D eigenvalue weighted by molar-refractivity contribution is 0.599. The van der Waals surface area contributed by atoms with Gasteiger partial charge in [-0.05, 0) is 24.6 Å². The van der Waals surface area contributed by atoms with Crippen molar-refractivity contribution in [1.82, 2.24) is 0 Å². The van der Waals surface area contributed by atoms with Gasteiger partial charge in [0.25, 0.3) is 9.84 Å². The Balaban J connectivity index is 3.17. The average molecular weight is 195 g/mol. The van der Waals surface area contributed by atoms with Gasteiger partial charge in [0.2, 0.25) is 0 Å². The molecule has 0 aliphatic rings. The Morgan fingerprint density at radius 2 is 2.15 bits per heavy atom. The van der Waals surface area contributed by atoms with Gasteiger partial charge in [-0.2, -0.15) is 0 Å². The molecule has 3 nitrogen and oxygen atoms in total. The number of sulfone groups is 1. The van der Waals surface area contributed by atoms with Crippen LogP contribution in [0.5, 0.6) is 0 Å². The van der Waals surface area contributed by atoms with Crippen LogP contribution in [0.1, 0.15) is 5.56 Å². The third-order valence-electron chi connectivity index (χ3n) is 1.58. The van der Waals surface area contributed by atoms with E-state index in [9.17, 15) is 8.42 Å². The zero-order valence-electron chi connectivity index (χ0n) is 7.19.